The normalized spacial score (nSPS) is 15.1. The van der Waals surface area contributed by atoms with Gasteiger partial charge < -0.3 is 9.38 Å². The van der Waals surface area contributed by atoms with Crippen molar-refractivity contribution in [2.75, 3.05) is 0 Å². The molecule has 3 rings (SSSR count). The number of H-pyrrole nitrogens is 1. The molecule has 16 heavy (non-hydrogen) atoms. The van der Waals surface area contributed by atoms with Crippen molar-refractivity contribution in [3.63, 3.8) is 0 Å². The molecule has 2 aromatic heterocycles. The lowest BCUT2D eigenvalue weighted by molar-refractivity contribution is 0.0988. The highest BCUT2D eigenvalue weighted by molar-refractivity contribution is 6.49. The van der Waals surface area contributed by atoms with E-state index in [1.165, 1.54) is 0 Å². The van der Waals surface area contributed by atoms with Gasteiger partial charge in [0.1, 0.15) is 11.2 Å². The van der Waals surface area contributed by atoms with Crippen LogP contribution in [0.4, 0.5) is 0 Å². The molecular formula is C11H7ClN2O2. The monoisotopic (exact) mass is 234 g/mol. The Bertz CT molecular complexity index is 694. The van der Waals surface area contributed by atoms with Gasteiger partial charge in [0.15, 0.2) is 5.78 Å². The summed E-state index contributed by atoms with van der Waals surface area (Å²) in [5, 5.41) is 0.493. The first-order chi connectivity index (χ1) is 7.68. The third kappa shape index (κ3) is 1.10. The highest BCUT2D eigenvalue weighted by Crippen LogP contribution is 2.27. The molecule has 0 saturated heterocycles. The Labute approximate surface area is 95.2 Å². The molecule has 1 aliphatic rings. The number of fused-ring (bicyclic) bond motifs is 3. The zero-order valence-electron chi connectivity index (χ0n) is 8.16. The molecule has 0 amide bonds. The molecule has 0 spiro atoms. The number of carbonyl (C=O) groups is 1. The van der Waals surface area contributed by atoms with Gasteiger partial charge in [-0.05, 0) is 12.1 Å². The number of carbonyl (C=O) groups excluding carboxylic acids is 1. The van der Waals surface area contributed by atoms with E-state index in [-0.39, 0.29) is 17.8 Å². The molecule has 0 radical (unpaired) electrons. The number of nitrogens with zero attached hydrogens (tertiary/aromatic N) is 1. The second-order valence-corrected chi connectivity index (χ2v) is 4.03. The van der Waals surface area contributed by atoms with Crippen LogP contribution in [0.25, 0.3) is 10.5 Å². The number of rotatable bonds is 0. The number of halogens is 1. The van der Waals surface area contributed by atoms with Gasteiger partial charge >= 0.3 is 0 Å². The lowest BCUT2D eigenvalue weighted by Gasteiger charge is -2.14. The van der Waals surface area contributed by atoms with E-state index >= 15 is 0 Å². The maximum atomic E-state index is 11.7. The van der Waals surface area contributed by atoms with Gasteiger partial charge in [0.25, 0.3) is 5.56 Å². The summed E-state index contributed by atoms with van der Waals surface area (Å²) < 4.78 is 1.64. The zero-order valence-corrected chi connectivity index (χ0v) is 8.91. The minimum atomic E-state index is -0.275. The number of aromatic amines is 1. The maximum Gasteiger partial charge on any atom is 0.272 e. The van der Waals surface area contributed by atoms with E-state index in [0.717, 1.165) is 0 Å². The van der Waals surface area contributed by atoms with Crippen molar-refractivity contribution in [3.8, 4) is 0 Å². The molecule has 0 unspecified atom stereocenters. The van der Waals surface area contributed by atoms with Crippen LogP contribution in [0, 0.1) is 0 Å². The van der Waals surface area contributed by atoms with Gasteiger partial charge in [0.2, 0.25) is 0 Å². The predicted octanol–water partition coefficient (Wildman–Crippen LogP) is 1.79. The Morgan fingerprint density at radius 2 is 2.19 bits per heavy atom. The zero-order chi connectivity index (χ0) is 11.3. The van der Waals surface area contributed by atoms with Crippen molar-refractivity contribution in [2.45, 2.75) is 6.42 Å². The number of nitrogens with one attached hydrogen (secondary N) is 1. The van der Waals surface area contributed by atoms with E-state index in [4.69, 9.17) is 11.6 Å². The van der Waals surface area contributed by atoms with Crippen LogP contribution in [0.2, 0.25) is 0 Å². The average molecular weight is 235 g/mol. The molecule has 0 saturated carbocycles. The van der Waals surface area contributed by atoms with E-state index in [1.54, 1.807) is 28.8 Å². The first kappa shape index (κ1) is 9.42. The van der Waals surface area contributed by atoms with Crippen molar-refractivity contribution in [3.05, 3.63) is 46.1 Å². The fourth-order valence-corrected chi connectivity index (χ4v) is 2.20. The molecular weight excluding hydrogens is 228 g/mol. The number of aromatic nitrogens is 2. The van der Waals surface area contributed by atoms with Crippen LogP contribution in [0.3, 0.4) is 0 Å². The Hall–Kier alpha value is -1.81. The summed E-state index contributed by atoms with van der Waals surface area (Å²) in [6.07, 6.45) is 3.61. The van der Waals surface area contributed by atoms with Crippen LogP contribution >= 0.6 is 11.6 Å². The summed E-state index contributed by atoms with van der Waals surface area (Å²) >= 11 is 6.07. The minimum absolute atomic E-state index is 0.118. The highest BCUT2D eigenvalue weighted by atomic mass is 35.5. The lowest BCUT2D eigenvalue weighted by atomic mass is 10.1. The number of hydrogen-bond donors (Lipinski definition) is 1. The molecule has 5 heteroatoms. The predicted molar refractivity (Wildman–Crippen MR) is 60.8 cm³/mol. The lowest BCUT2D eigenvalue weighted by Crippen LogP contribution is -2.21. The van der Waals surface area contributed by atoms with Gasteiger partial charge in [-0.15, -0.1) is 0 Å². The van der Waals surface area contributed by atoms with Gasteiger partial charge in [-0.1, -0.05) is 17.7 Å². The quantitative estimate of drug-likeness (QED) is 0.756. The van der Waals surface area contributed by atoms with E-state index < -0.39 is 0 Å². The highest BCUT2D eigenvalue weighted by Gasteiger charge is 2.22. The van der Waals surface area contributed by atoms with E-state index in [9.17, 15) is 9.59 Å². The van der Waals surface area contributed by atoms with Crippen LogP contribution < -0.4 is 5.56 Å². The van der Waals surface area contributed by atoms with E-state index in [2.05, 4.69) is 4.98 Å². The van der Waals surface area contributed by atoms with Gasteiger partial charge in [-0.2, -0.15) is 0 Å². The second kappa shape index (κ2) is 3.09. The minimum Gasteiger partial charge on any atom is -0.316 e. The standard InChI is InChI=1S/C11H7ClN2O2/c12-6-3-4-8(15)9-10(6)14-5-1-2-7(14)11(16)13-9/h1-3,5H,4H2,(H,13,16). The van der Waals surface area contributed by atoms with Crippen molar-refractivity contribution >= 4 is 27.9 Å². The molecule has 4 nitrogen and oxygen atoms in total. The molecule has 0 aliphatic heterocycles. The van der Waals surface area contributed by atoms with Crippen molar-refractivity contribution in [1.29, 1.82) is 0 Å². The van der Waals surface area contributed by atoms with Gasteiger partial charge in [-0.25, -0.2) is 0 Å². The summed E-state index contributed by atoms with van der Waals surface area (Å²) in [5.41, 5.74) is 1.07. The van der Waals surface area contributed by atoms with Gasteiger partial charge in [-0.3, -0.25) is 9.59 Å². The first-order valence-corrected chi connectivity index (χ1v) is 5.19. The van der Waals surface area contributed by atoms with Crippen LogP contribution in [-0.2, 0) is 0 Å². The molecule has 0 aromatic carbocycles. The Morgan fingerprint density at radius 1 is 1.38 bits per heavy atom. The third-order valence-electron chi connectivity index (χ3n) is 2.67. The molecule has 1 N–H and O–H groups in total. The fraction of sp³-hybridized carbons (Fsp3) is 0.0909. The number of allylic oxidation sites excluding steroid dienone is 1. The van der Waals surface area contributed by atoms with E-state index in [1.807, 2.05) is 0 Å². The van der Waals surface area contributed by atoms with Crippen molar-refractivity contribution < 1.29 is 4.79 Å². The van der Waals surface area contributed by atoms with Crippen LogP contribution in [0.15, 0.2) is 29.2 Å². The molecule has 2 heterocycles. The topological polar surface area (TPSA) is 54.3 Å². The summed E-state index contributed by atoms with van der Waals surface area (Å²) in [5.74, 6) is -0.118. The van der Waals surface area contributed by atoms with Crippen LogP contribution in [-0.4, -0.2) is 15.2 Å². The molecule has 1 aliphatic carbocycles. The Balaban J connectivity index is 2.55. The van der Waals surface area contributed by atoms with Crippen molar-refractivity contribution in [2.24, 2.45) is 0 Å². The summed E-state index contributed by atoms with van der Waals surface area (Å²) in [6, 6.07) is 3.43. The average Bonchev–Trinajstić information content (AvgIpc) is 2.73. The first-order valence-electron chi connectivity index (χ1n) is 4.81. The smallest absolute Gasteiger partial charge is 0.272 e. The Kier molecular flexibility index (Phi) is 1.82. The molecule has 2 aromatic rings. The molecule has 0 fully saturated rings. The largest absolute Gasteiger partial charge is 0.316 e. The van der Waals surface area contributed by atoms with Gasteiger partial charge in [0.05, 0.1) is 10.7 Å². The summed E-state index contributed by atoms with van der Waals surface area (Å²) in [4.78, 5) is 25.9. The molecule has 0 atom stereocenters. The number of Topliss-reactive ketones (excluding diaryl/α,β-unsaturated/α-hetero) is 1. The third-order valence-corrected chi connectivity index (χ3v) is 3.00. The molecule has 0 bridgehead atoms. The van der Waals surface area contributed by atoms with Gasteiger partial charge in [0, 0.05) is 12.6 Å². The summed E-state index contributed by atoms with van der Waals surface area (Å²) in [6.45, 7) is 0. The molecule has 80 valence electrons. The van der Waals surface area contributed by atoms with Crippen LogP contribution in [0.5, 0.6) is 0 Å². The van der Waals surface area contributed by atoms with E-state index in [0.29, 0.717) is 21.9 Å². The maximum absolute atomic E-state index is 11.7. The number of hydrogen-bond acceptors (Lipinski definition) is 2. The fourth-order valence-electron chi connectivity index (χ4n) is 1.94. The van der Waals surface area contributed by atoms with Crippen molar-refractivity contribution in [1.82, 2.24) is 9.38 Å². The summed E-state index contributed by atoms with van der Waals surface area (Å²) in [7, 11) is 0. The second-order valence-electron chi connectivity index (χ2n) is 3.62. The number of ketones is 1. The van der Waals surface area contributed by atoms with Crippen LogP contribution in [0.1, 0.15) is 22.6 Å². The SMILES string of the molecule is O=C1CC=C(Cl)c2c1[nH]c(=O)c1cccn21. The Morgan fingerprint density at radius 3 is 3.00 bits per heavy atom.